The summed E-state index contributed by atoms with van der Waals surface area (Å²) in [5.41, 5.74) is 3.09. The molecule has 0 bridgehead atoms. The lowest BCUT2D eigenvalue weighted by molar-refractivity contribution is 0.287. The summed E-state index contributed by atoms with van der Waals surface area (Å²) < 4.78 is 0. The Bertz CT molecular complexity index is 198. The van der Waals surface area contributed by atoms with E-state index in [1.165, 1.54) is 70.0 Å². The van der Waals surface area contributed by atoms with Crippen LogP contribution in [0.25, 0.3) is 0 Å². The van der Waals surface area contributed by atoms with Gasteiger partial charge in [-0.3, -0.25) is 11.3 Å². The third-order valence-electron chi connectivity index (χ3n) is 4.50. The van der Waals surface area contributed by atoms with Gasteiger partial charge in [-0.15, -0.1) is 0 Å². The molecule has 1 unspecified atom stereocenters. The summed E-state index contributed by atoms with van der Waals surface area (Å²) in [6.45, 7) is 0. The Morgan fingerprint density at radius 3 is 2.12 bits per heavy atom. The van der Waals surface area contributed by atoms with Gasteiger partial charge in [0, 0.05) is 17.0 Å². The van der Waals surface area contributed by atoms with E-state index in [-0.39, 0.29) is 0 Å². The van der Waals surface area contributed by atoms with Crippen molar-refractivity contribution in [1.29, 1.82) is 0 Å². The van der Waals surface area contributed by atoms with E-state index >= 15 is 0 Å². The van der Waals surface area contributed by atoms with Crippen molar-refractivity contribution in [2.75, 3.05) is 5.75 Å². The van der Waals surface area contributed by atoms with Gasteiger partial charge in [0.25, 0.3) is 0 Å². The predicted octanol–water partition coefficient (Wildman–Crippen LogP) is 3.46. The maximum atomic E-state index is 5.76. The summed E-state index contributed by atoms with van der Waals surface area (Å²) in [5.74, 6) is 7.82. The van der Waals surface area contributed by atoms with Crippen LogP contribution in [-0.4, -0.2) is 17.0 Å². The highest BCUT2D eigenvalue weighted by Gasteiger charge is 2.24. The Balaban J connectivity index is 1.70. The third kappa shape index (κ3) is 4.46. The summed E-state index contributed by atoms with van der Waals surface area (Å²) >= 11 is 2.18. The van der Waals surface area contributed by atoms with Crippen LogP contribution in [0, 0.1) is 5.92 Å². The van der Waals surface area contributed by atoms with Gasteiger partial charge in [0.1, 0.15) is 0 Å². The number of hydrazine groups is 1. The third-order valence-corrected chi connectivity index (χ3v) is 5.99. The smallest absolute Gasteiger partial charge is 0.0329 e. The van der Waals surface area contributed by atoms with E-state index in [2.05, 4.69) is 17.2 Å². The minimum Gasteiger partial charge on any atom is -0.271 e. The first-order chi connectivity index (χ1) is 8.40. The van der Waals surface area contributed by atoms with E-state index in [1.54, 1.807) is 0 Å². The summed E-state index contributed by atoms with van der Waals surface area (Å²) in [5, 5.41) is 0.920. The van der Waals surface area contributed by atoms with Crippen LogP contribution in [0.3, 0.4) is 0 Å². The molecule has 0 amide bonds. The molecule has 0 heterocycles. The van der Waals surface area contributed by atoms with E-state index in [0.717, 1.165) is 11.2 Å². The number of rotatable bonds is 5. The SMILES string of the molecule is NNC(CSC1CCCCC1)C1CCCCC1. The lowest BCUT2D eigenvalue weighted by Gasteiger charge is -2.31. The van der Waals surface area contributed by atoms with Crippen molar-refractivity contribution >= 4 is 11.8 Å². The van der Waals surface area contributed by atoms with Gasteiger partial charge in [-0.05, 0) is 31.6 Å². The first-order valence-electron chi connectivity index (χ1n) is 7.48. The van der Waals surface area contributed by atoms with Gasteiger partial charge in [-0.2, -0.15) is 11.8 Å². The normalized spacial score (nSPS) is 25.9. The number of nitrogens with one attached hydrogen (secondary N) is 1. The zero-order chi connectivity index (χ0) is 11.9. The van der Waals surface area contributed by atoms with Crippen molar-refractivity contribution in [3.8, 4) is 0 Å². The maximum absolute atomic E-state index is 5.76. The van der Waals surface area contributed by atoms with Gasteiger partial charge in [0.2, 0.25) is 0 Å². The molecule has 2 aliphatic carbocycles. The number of hydrogen-bond acceptors (Lipinski definition) is 3. The highest BCUT2D eigenvalue weighted by molar-refractivity contribution is 7.99. The fourth-order valence-corrected chi connectivity index (χ4v) is 4.84. The van der Waals surface area contributed by atoms with E-state index < -0.39 is 0 Å². The summed E-state index contributed by atoms with van der Waals surface area (Å²) in [6, 6.07) is 0.558. The van der Waals surface area contributed by atoms with Crippen LogP contribution in [0.15, 0.2) is 0 Å². The number of nitrogens with two attached hydrogens (primary N) is 1. The maximum Gasteiger partial charge on any atom is 0.0329 e. The Hall–Kier alpha value is 0.270. The average Bonchev–Trinajstić information content (AvgIpc) is 2.42. The standard InChI is InChI=1S/C14H28N2S/c15-16-14(12-7-3-1-4-8-12)11-17-13-9-5-2-6-10-13/h12-14,16H,1-11,15H2. The van der Waals surface area contributed by atoms with Gasteiger partial charge in [0.05, 0.1) is 0 Å². The molecule has 100 valence electrons. The van der Waals surface area contributed by atoms with E-state index in [9.17, 15) is 0 Å². The van der Waals surface area contributed by atoms with Gasteiger partial charge in [-0.1, -0.05) is 38.5 Å². The fraction of sp³-hybridized carbons (Fsp3) is 1.00. The molecule has 0 aromatic carbocycles. The molecule has 0 aromatic rings. The molecule has 2 nitrogen and oxygen atoms in total. The van der Waals surface area contributed by atoms with Gasteiger partial charge in [-0.25, -0.2) is 0 Å². The molecule has 0 spiro atoms. The molecule has 3 N–H and O–H groups in total. The molecule has 0 aliphatic heterocycles. The first kappa shape index (κ1) is 13.7. The van der Waals surface area contributed by atoms with Crippen LogP contribution in [-0.2, 0) is 0 Å². The molecule has 2 fully saturated rings. The Morgan fingerprint density at radius 2 is 1.53 bits per heavy atom. The van der Waals surface area contributed by atoms with E-state index in [0.29, 0.717) is 6.04 Å². The molecule has 0 saturated heterocycles. The van der Waals surface area contributed by atoms with Crippen molar-refractivity contribution < 1.29 is 0 Å². The monoisotopic (exact) mass is 256 g/mol. The van der Waals surface area contributed by atoms with Crippen molar-refractivity contribution in [1.82, 2.24) is 5.43 Å². The molecular formula is C14H28N2S. The summed E-state index contributed by atoms with van der Waals surface area (Å²) in [7, 11) is 0. The van der Waals surface area contributed by atoms with Crippen LogP contribution in [0.5, 0.6) is 0 Å². The minimum absolute atomic E-state index is 0.558. The van der Waals surface area contributed by atoms with E-state index in [1.807, 2.05) is 0 Å². The van der Waals surface area contributed by atoms with Crippen LogP contribution in [0.4, 0.5) is 0 Å². The number of thioether (sulfide) groups is 1. The Morgan fingerprint density at radius 1 is 0.941 bits per heavy atom. The van der Waals surface area contributed by atoms with Crippen molar-refractivity contribution in [2.45, 2.75) is 75.5 Å². The lowest BCUT2D eigenvalue weighted by atomic mass is 9.85. The topological polar surface area (TPSA) is 38.0 Å². The molecule has 1 atom stereocenters. The second-order valence-electron chi connectivity index (χ2n) is 5.76. The Kier molecular flexibility index (Phi) is 6.16. The van der Waals surface area contributed by atoms with Crippen molar-refractivity contribution in [2.24, 2.45) is 11.8 Å². The van der Waals surface area contributed by atoms with Crippen molar-refractivity contribution in [3.63, 3.8) is 0 Å². The van der Waals surface area contributed by atoms with Crippen LogP contribution in [0.2, 0.25) is 0 Å². The molecule has 3 heteroatoms. The molecule has 0 radical (unpaired) electrons. The fourth-order valence-electron chi connectivity index (χ4n) is 3.33. The highest BCUT2D eigenvalue weighted by atomic mass is 32.2. The molecule has 17 heavy (non-hydrogen) atoms. The Labute approximate surface area is 110 Å². The predicted molar refractivity (Wildman–Crippen MR) is 77.0 cm³/mol. The van der Waals surface area contributed by atoms with Gasteiger partial charge < -0.3 is 0 Å². The second kappa shape index (κ2) is 7.65. The summed E-state index contributed by atoms with van der Waals surface area (Å²) in [4.78, 5) is 0. The van der Waals surface area contributed by atoms with Crippen molar-refractivity contribution in [3.05, 3.63) is 0 Å². The molecule has 2 aliphatic rings. The van der Waals surface area contributed by atoms with Gasteiger partial charge >= 0.3 is 0 Å². The zero-order valence-corrected chi connectivity index (χ0v) is 11.8. The van der Waals surface area contributed by atoms with E-state index in [4.69, 9.17) is 5.84 Å². The number of hydrogen-bond donors (Lipinski definition) is 2. The lowest BCUT2D eigenvalue weighted by Crippen LogP contribution is -2.43. The first-order valence-corrected chi connectivity index (χ1v) is 8.53. The highest BCUT2D eigenvalue weighted by Crippen LogP contribution is 2.32. The zero-order valence-electron chi connectivity index (χ0n) is 11.0. The second-order valence-corrected chi connectivity index (χ2v) is 7.10. The molecule has 2 rings (SSSR count). The van der Waals surface area contributed by atoms with Crippen LogP contribution in [0.1, 0.15) is 64.2 Å². The van der Waals surface area contributed by atoms with Crippen LogP contribution < -0.4 is 11.3 Å². The molecular weight excluding hydrogens is 228 g/mol. The average molecular weight is 256 g/mol. The summed E-state index contributed by atoms with van der Waals surface area (Å²) in [6.07, 6.45) is 14.3. The molecule has 2 saturated carbocycles. The quantitative estimate of drug-likeness (QED) is 0.584. The van der Waals surface area contributed by atoms with Crippen LogP contribution >= 0.6 is 11.8 Å². The minimum atomic E-state index is 0.558. The van der Waals surface area contributed by atoms with Gasteiger partial charge in [0.15, 0.2) is 0 Å². The molecule has 0 aromatic heterocycles. The largest absolute Gasteiger partial charge is 0.271 e.